The van der Waals surface area contributed by atoms with E-state index >= 15 is 0 Å². The van der Waals surface area contributed by atoms with Crippen molar-refractivity contribution in [2.24, 2.45) is 0 Å². The molecule has 94 valence electrons. The minimum atomic E-state index is -0.158. The number of anilines is 1. The average Bonchev–Trinajstić information content (AvgIpc) is 2.37. The molecule has 0 atom stereocenters. The fourth-order valence-corrected chi connectivity index (χ4v) is 1.38. The molecule has 0 saturated heterocycles. The molecule has 1 rings (SSSR count). The quantitative estimate of drug-likeness (QED) is 0.871. The van der Waals surface area contributed by atoms with Crippen molar-refractivity contribution in [2.45, 2.75) is 32.7 Å². The lowest BCUT2D eigenvalue weighted by molar-refractivity contribution is 0.0614. The highest BCUT2D eigenvalue weighted by Crippen LogP contribution is 2.19. The van der Waals surface area contributed by atoms with Gasteiger partial charge in [0.25, 0.3) is 5.91 Å². The summed E-state index contributed by atoms with van der Waals surface area (Å²) in [7, 11) is 3.61. The van der Waals surface area contributed by atoms with Crippen LogP contribution < -0.4 is 5.32 Å². The molecule has 0 aliphatic heterocycles. The Balaban J connectivity index is 2.96. The highest BCUT2D eigenvalue weighted by molar-refractivity contribution is 5.93. The van der Waals surface area contributed by atoms with Gasteiger partial charge in [0, 0.05) is 19.6 Å². The summed E-state index contributed by atoms with van der Waals surface area (Å²) in [6.07, 6.45) is 0.904. The van der Waals surface area contributed by atoms with Crippen LogP contribution in [0.1, 0.15) is 37.7 Å². The van der Waals surface area contributed by atoms with Gasteiger partial charge in [0.05, 0.1) is 0 Å². The van der Waals surface area contributed by atoms with E-state index in [1.807, 2.05) is 33.0 Å². The van der Waals surface area contributed by atoms with E-state index in [2.05, 4.69) is 17.2 Å². The SMILES string of the molecule is CCC(C)(C)N(C)C(=O)c1cccc(NC)n1. The number of hydrogen-bond acceptors (Lipinski definition) is 3. The first-order chi connectivity index (χ1) is 7.92. The largest absolute Gasteiger partial charge is 0.373 e. The van der Waals surface area contributed by atoms with E-state index in [4.69, 9.17) is 0 Å². The molecule has 0 aliphatic rings. The Morgan fingerprint density at radius 3 is 2.65 bits per heavy atom. The summed E-state index contributed by atoms with van der Waals surface area (Å²) in [4.78, 5) is 18.3. The van der Waals surface area contributed by atoms with Crippen molar-refractivity contribution in [3.05, 3.63) is 23.9 Å². The predicted molar refractivity (Wildman–Crippen MR) is 70.2 cm³/mol. The molecule has 1 N–H and O–H groups in total. The third-order valence-electron chi connectivity index (χ3n) is 3.30. The summed E-state index contributed by atoms with van der Waals surface area (Å²) in [6, 6.07) is 5.41. The number of hydrogen-bond donors (Lipinski definition) is 1. The van der Waals surface area contributed by atoms with E-state index in [1.165, 1.54) is 0 Å². The number of nitrogens with one attached hydrogen (secondary N) is 1. The summed E-state index contributed by atoms with van der Waals surface area (Å²) in [5.41, 5.74) is 0.315. The molecular formula is C13H21N3O. The van der Waals surface area contributed by atoms with Crippen LogP contribution in [-0.4, -0.2) is 35.4 Å². The number of rotatable bonds is 4. The van der Waals surface area contributed by atoms with E-state index in [9.17, 15) is 4.79 Å². The molecule has 0 radical (unpaired) electrons. The minimum Gasteiger partial charge on any atom is -0.373 e. The number of amides is 1. The van der Waals surface area contributed by atoms with Crippen molar-refractivity contribution in [3.63, 3.8) is 0 Å². The molecule has 4 heteroatoms. The number of aromatic nitrogens is 1. The average molecular weight is 235 g/mol. The molecule has 1 aromatic rings. The maximum absolute atomic E-state index is 12.3. The molecule has 0 spiro atoms. The van der Waals surface area contributed by atoms with Crippen LogP contribution >= 0.6 is 0 Å². The molecule has 0 aromatic carbocycles. The molecule has 17 heavy (non-hydrogen) atoms. The molecule has 0 saturated carbocycles. The summed E-state index contributed by atoms with van der Waals surface area (Å²) in [5.74, 6) is 0.660. The number of pyridine rings is 1. The van der Waals surface area contributed by atoms with Crippen LogP contribution in [-0.2, 0) is 0 Å². The Morgan fingerprint density at radius 1 is 1.47 bits per heavy atom. The van der Waals surface area contributed by atoms with Crippen molar-refractivity contribution >= 4 is 11.7 Å². The van der Waals surface area contributed by atoms with E-state index in [1.54, 1.807) is 18.0 Å². The van der Waals surface area contributed by atoms with E-state index in [0.29, 0.717) is 11.5 Å². The van der Waals surface area contributed by atoms with Gasteiger partial charge in [-0.15, -0.1) is 0 Å². The zero-order valence-corrected chi connectivity index (χ0v) is 11.2. The topological polar surface area (TPSA) is 45.2 Å². The van der Waals surface area contributed by atoms with Gasteiger partial charge in [0.1, 0.15) is 11.5 Å². The molecule has 1 aromatic heterocycles. The van der Waals surface area contributed by atoms with Crippen molar-refractivity contribution < 1.29 is 4.79 Å². The monoisotopic (exact) mass is 235 g/mol. The van der Waals surface area contributed by atoms with Gasteiger partial charge < -0.3 is 10.2 Å². The van der Waals surface area contributed by atoms with Gasteiger partial charge in [0.15, 0.2) is 0 Å². The number of carbonyl (C=O) groups excluding carboxylic acids is 1. The van der Waals surface area contributed by atoms with Crippen LogP contribution in [0.5, 0.6) is 0 Å². The first-order valence-electron chi connectivity index (χ1n) is 5.85. The van der Waals surface area contributed by atoms with Crippen LogP contribution in [0, 0.1) is 0 Å². The minimum absolute atomic E-state index is 0.0473. The second-order valence-corrected chi connectivity index (χ2v) is 4.69. The van der Waals surface area contributed by atoms with Gasteiger partial charge >= 0.3 is 0 Å². The van der Waals surface area contributed by atoms with Gasteiger partial charge in [-0.2, -0.15) is 0 Å². The first-order valence-corrected chi connectivity index (χ1v) is 5.85. The summed E-state index contributed by atoms with van der Waals surface area (Å²) >= 11 is 0. The third kappa shape index (κ3) is 2.96. The lowest BCUT2D eigenvalue weighted by Crippen LogP contribution is -2.44. The van der Waals surface area contributed by atoms with Gasteiger partial charge in [0.2, 0.25) is 0 Å². The fraction of sp³-hybridized carbons (Fsp3) is 0.538. The molecule has 1 heterocycles. The molecule has 4 nitrogen and oxygen atoms in total. The molecule has 1 amide bonds. The second-order valence-electron chi connectivity index (χ2n) is 4.69. The lowest BCUT2D eigenvalue weighted by atomic mass is 9.99. The van der Waals surface area contributed by atoms with E-state index in [0.717, 1.165) is 6.42 Å². The summed E-state index contributed by atoms with van der Waals surface area (Å²) < 4.78 is 0. The Kier molecular flexibility index (Phi) is 4.10. The van der Waals surface area contributed by atoms with Crippen molar-refractivity contribution in [1.82, 2.24) is 9.88 Å². The van der Waals surface area contributed by atoms with Crippen molar-refractivity contribution in [2.75, 3.05) is 19.4 Å². The molecule has 0 aliphatic carbocycles. The standard InChI is InChI=1S/C13H21N3O/c1-6-13(2,3)16(5)12(17)10-8-7-9-11(14-4)15-10/h7-9H,6H2,1-5H3,(H,14,15). The van der Waals surface area contributed by atoms with E-state index in [-0.39, 0.29) is 11.4 Å². The van der Waals surface area contributed by atoms with Crippen LogP contribution in [0.4, 0.5) is 5.82 Å². The van der Waals surface area contributed by atoms with Crippen LogP contribution in [0.15, 0.2) is 18.2 Å². The number of carbonyl (C=O) groups is 1. The maximum atomic E-state index is 12.3. The van der Waals surface area contributed by atoms with Crippen LogP contribution in [0.3, 0.4) is 0 Å². The zero-order valence-electron chi connectivity index (χ0n) is 11.2. The Hall–Kier alpha value is -1.58. The first kappa shape index (κ1) is 13.5. The smallest absolute Gasteiger partial charge is 0.272 e. The predicted octanol–water partition coefficient (Wildman–Crippen LogP) is 2.38. The van der Waals surface area contributed by atoms with Gasteiger partial charge in [-0.3, -0.25) is 4.79 Å². The summed E-state index contributed by atoms with van der Waals surface area (Å²) in [5, 5.41) is 2.93. The molecular weight excluding hydrogens is 214 g/mol. The molecule has 0 unspecified atom stereocenters. The Morgan fingerprint density at radius 2 is 2.12 bits per heavy atom. The molecule has 0 bridgehead atoms. The third-order valence-corrected chi connectivity index (χ3v) is 3.30. The maximum Gasteiger partial charge on any atom is 0.272 e. The Bertz CT molecular complexity index is 401. The van der Waals surface area contributed by atoms with Crippen LogP contribution in [0.25, 0.3) is 0 Å². The highest BCUT2D eigenvalue weighted by atomic mass is 16.2. The van der Waals surface area contributed by atoms with Crippen molar-refractivity contribution in [3.8, 4) is 0 Å². The zero-order chi connectivity index (χ0) is 13.1. The van der Waals surface area contributed by atoms with E-state index < -0.39 is 0 Å². The van der Waals surface area contributed by atoms with Gasteiger partial charge in [-0.1, -0.05) is 13.0 Å². The van der Waals surface area contributed by atoms with Gasteiger partial charge in [-0.05, 0) is 32.4 Å². The lowest BCUT2D eigenvalue weighted by Gasteiger charge is -2.34. The normalized spacial score (nSPS) is 11.1. The highest BCUT2D eigenvalue weighted by Gasteiger charge is 2.27. The van der Waals surface area contributed by atoms with Crippen molar-refractivity contribution in [1.29, 1.82) is 0 Å². The van der Waals surface area contributed by atoms with Gasteiger partial charge in [-0.25, -0.2) is 4.98 Å². The molecule has 0 fully saturated rings. The fourth-order valence-electron chi connectivity index (χ4n) is 1.38. The number of nitrogens with zero attached hydrogens (tertiary/aromatic N) is 2. The van der Waals surface area contributed by atoms with Crippen LogP contribution in [0.2, 0.25) is 0 Å². The summed E-state index contributed by atoms with van der Waals surface area (Å²) in [6.45, 7) is 6.17. The Labute approximate surface area is 103 Å². The second kappa shape index (κ2) is 5.17.